The maximum Gasteiger partial charge on any atom is 0.340 e. The van der Waals surface area contributed by atoms with Crippen molar-refractivity contribution in [1.82, 2.24) is 0 Å². The number of esters is 1. The van der Waals surface area contributed by atoms with Gasteiger partial charge in [-0.25, -0.2) is 18.4 Å². The van der Waals surface area contributed by atoms with Crippen LogP contribution in [0.2, 0.25) is 0 Å². The van der Waals surface area contributed by atoms with E-state index >= 15 is 0 Å². The Bertz CT molecular complexity index is 991. The van der Waals surface area contributed by atoms with Gasteiger partial charge in [-0.2, -0.15) is 0 Å². The van der Waals surface area contributed by atoms with E-state index in [9.17, 15) is 13.2 Å². The molecule has 2 aromatic rings. The highest BCUT2D eigenvalue weighted by molar-refractivity contribution is 7.89. The van der Waals surface area contributed by atoms with Crippen molar-refractivity contribution in [2.75, 3.05) is 32.0 Å². The first-order chi connectivity index (χ1) is 13.2. The molecular weight excluding hydrogens is 406 g/mol. The molecule has 11 heteroatoms. The summed E-state index contributed by atoms with van der Waals surface area (Å²) >= 11 is 5.26. The maximum absolute atomic E-state index is 12.1. The van der Waals surface area contributed by atoms with Gasteiger partial charge in [0, 0.05) is 17.8 Å². The molecule has 0 bridgehead atoms. The molecule has 0 radical (unpaired) electrons. The van der Waals surface area contributed by atoms with Crippen molar-refractivity contribution in [3.05, 3.63) is 42.0 Å². The molecule has 0 spiro atoms. The molecular formula is C17H19N3O6S2. The second-order valence-corrected chi connectivity index (χ2v) is 7.36. The molecule has 0 atom stereocenters. The number of thiocarbonyl (C=S) groups is 1. The third kappa shape index (κ3) is 5.09. The standard InChI is InChI=1S/C17H19N3O6S2/c1-24-14-8-12(16(21)26-3)13(9-15(14)25-2)20-17(27)19-10-4-6-11(7-5-10)28(18,22)23/h4-9H,1-3H3,(H2,18,22,23)(H2,19,20,27). The number of ether oxygens (including phenoxy) is 3. The van der Waals surface area contributed by atoms with Gasteiger partial charge in [0.05, 0.1) is 37.5 Å². The number of benzene rings is 2. The van der Waals surface area contributed by atoms with Crippen LogP contribution in [0.15, 0.2) is 41.3 Å². The van der Waals surface area contributed by atoms with Gasteiger partial charge in [-0.1, -0.05) is 0 Å². The first kappa shape index (κ1) is 21.4. The summed E-state index contributed by atoms with van der Waals surface area (Å²) < 4.78 is 37.8. The Morgan fingerprint density at radius 3 is 2.07 bits per heavy atom. The van der Waals surface area contributed by atoms with Gasteiger partial charge in [0.2, 0.25) is 10.0 Å². The van der Waals surface area contributed by atoms with E-state index in [1.165, 1.54) is 51.7 Å². The molecule has 9 nitrogen and oxygen atoms in total. The average molecular weight is 425 g/mol. The third-order valence-electron chi connectivity index (χ3n) is 3.62. The van der Waals surface area contributed by atoms with Gasteiger partial charge in [-0.3, -0.25) is 0 Å². The summed E-state index contributed by atoms with van der Waals surface area (Å²) in [6.07, 6.45) is 0. The summed E-state index contributed by atoms with van der Waals surface area (Å²) in [6.45, 7) is 0. The van der Waals surface area contributed by atoms with Gasteiger partial charge >= 0.3 is 5.97 Å². The summed E-state index contributed by atoms with van der Waals surface area (Å²) in [4.78, 5) is 12.1. The zero-order valence-electron chi connectivity index (χ0n) is 15.3. The molecule has 4 N–H and O–H groups in total. The molecule has 2 aromatic carbocycles. The van der Waals surface area contributed by atoms with E-state index in [1.807, 2.05) is 0 Å². The third-order valence-corrected chi connectivity index (χ3v) is 4.75. The highest BCUT2D eigenvalue weighted by atomic mass is 32.2. The van der Waals surface area contributed by atoms with Crippen molar-refractivity contribution in [3.8, 4) is 11.5 Å². The lowest BCUT2D eigenvalue weighted by Crippen LogP contribution is -2.21. The minimum Gasteiger partial charge on any atom is -0.493 e. The number of anilines is 2. The Morgan fingerprint density at radius 2 is 1.57 bits per heavy atom. The number of carbonyl (C=O) groups is 1. The molecule has 0 saturated carbocycles. The van der Waals surface area contributed by atoms with Gasteiger partial charge < -0.3 is 24.8 Å². The Balaban J connectivity index is 2.26. The Morgan fingerprint density at radius 1 is 1.00 bits per heavy atom. The van der Waals surface area contributed by atoms with Gasteiger partial charge in [0.1, 0.15) is 0 Å². The van der Waals surface area contributed by atoms with Crippen molar-refractivity contribution >= 4 is 44.7 Å². The van der Waals surface area contributed by atoms with E-state index in [0.717, 1.165) is 0 Å². The van der Waals surface area contributed by atoms with E-state index in [4.69, 9.17) is 31.6 Å². The number of hydrogen-bond acceptors (Lipinski definition) is 7. The van der Waals surface area contributed by atoms with Gasteiger partial charge in [0.25, 0.3) is 0 Å². The quantitative estimate of drug-likeness (QED) is 0.470. The molecule has 0 saturated heterocycles. The fraction of sp³-hybridized carbons (Fsp3) is 0.176. The van der Waals surface area contributed by atoms with Crippen LogP contribution in [0.1, 0.15) is 10.4 Å². The van der Waals surface area contributed by atoms with Crippen molar-refractivity contribution in [3.63, 3.8) is 0 Å². The predicted molar refractivity (Wildman–Crippen MR) is 109 cm³/mol. The number of rotatable bonds is 6. The molecule has 28 heavy (non-hydrogen) atoms. The zero-order chi connectivity index (χ0) is 20.9. The smallest absolute Gasteiger partial charge is 0.340 e. The molecule has 0 aliphatic heterocycles. The van der Waals surface area contributed by atoms with Crippen LogP contribution in [-0.2, 0) is 14.8 Å². The fourth-order valence-corrected chi connectivity index (χ4v) is 3.02. The molecule has 0 fully saturated rings. The van der Waals surface area contributed by atoms with E-state index in [1.54, 1.807) is 6.07 Å². The van der Waals surface area contributed by atoms with Crippen molar-refractivity contribution < 1.29 is 27.4 Å². The Kier molecular flexibility index (Phi) is 6.78. The zero-order valence-corrected chi connectivity index (χ0v) is 16.9. The minimum absolute atomic E-state index is 0.0233. The number of nitrogens with one attached hydrogen (secondary N) is 2. The average Bonchev–Trinajstić information content (AvgIpc) is 2.66. The van der Waals surface area contributed by atoms with E-state index in [-0.39, 0.29) is 15.6 Å². The lowest BCUT2D eigenvalue weighted by molar-refractivity contribution is 0.0601. The lowest BCUT2D eigenvalue weighted by Gasteiger charge is -2.16. The summed E-state index contributed by atoms with van der Waals surface area (Å²) in [6, 6.07) is 8.71. The molecule has 0 aromatic heterocycles. The topological polar surface area (TPSA) is 129 Å². The Hall–Kier alpha value is -2.89. The summed E-state index contributed by atoms with van der Waals surface area (Å²) in [5, 5.41) is 11.0. The number of sulfonamides is 1. The van der Waals surface area contributed by atoms with Gasteiger partial charge in [-0.15, -0.1) is 0 Å². The van der Waals surface area contributed by atoms with Crippen LogP contribution in [0.4, 0.5) is 11.4 Å². The summed E-state index contributed by atoms with van der Waals surface area (Å²) in [5.41, 5.74) is 1.04. The first-order valence-electron chi connectivity index (χ1n) is 7.74. The van der Waals surface area contributed by atoms with Crippen LogP contribution < -0.4 is 25.2 Å². The van der Waals surface area contributed by atoms with Crippen molar-refractivity contribution in [2.24, 2.45) is 5.14 Å². The van der Waals surface area contributed by atoms with Crippen molar-refractivity contribution in [2.45, 2.75) is 4.90 Å². The second kappa shape index (κ2) is 8.87. The molecule has 0 unspecified atom stereocenters. The fourth-order valence-electron chi connectivity index (χ4n) is 2.27. The monoisotopic (exact) mass is 425 g/mol. The van der Waals surface area contributed by atoms with Crippen LogP contribution in [0.25, 0.3) is 0 Å². The van der Waals surface area contributed by atoms with Crippen molar-refractivity contribution in [1.29, 1.82) is 0 Å². The highest BCUT2D eigenvalue weighted by Gasteiger charge is 2.18. The number of nitrogens with two attached hydrogens (primary N) is 1. The SMILES string of the molecule is COC(=O)c1cc(OC)c(OC)cc1NC(=S)Nc1ccc(S(N)(=O)=O)cc1. The summed E-state index contributed by atoms with van der Waals surface area (Å²) in [5.74, 6) is 0.146. The van der Waals surface area contributed by atoms with Crippen LogP contribution in [-0.4, -0.2) is 40.8 Å². The maximum atomic E-state index is 12.1. The first-order valence-corrected chi connectivity index (χ1v) is 9.70. The molecule has 0 aliphatic rings. The lowest BCUT2D eigenvalue weighted by atomic mass is 10.1. The van der Waals surface area contributed by atoms with E-state index in [2.05, 4.69) is 10.6 Å². The number of carbonyl (C=O) groups excluding carboxylic acids is 1. The number of methoxy groups -OCH3 is 3. The molecule has 0 heterocycles. The van der Waals surface area contributed by atoms with Gasteiger partial charge in [-0.05, 0) is 36.5 Å². The summed E-state index contributed by atoms with van der Waals surface area (Å²) in [7, 11) is 0.383. The molecule has 0 amide bonds. The van der Waals surface area contributed by atoms with E-state index < -0.39 is 16.0 Å². The van der Waals surface area contributed by atoms with Crippen LogP contribution in [0.5, 0.6) is 11.5 Å². The van der Waals surface area contributed by atoms with E-state index in [0.29, 0.717) is 22.9 Å². The Labute approximate surface area is 167 Å². The van der Waals surface area contributed by atoms with Crippen LogP contribution in [0.3, 0.4) is 0 Å². The van der Waals surface area contributed by atoms with Crippen LogP contribution >= 0.6 is 12.2 Å². The molecule has 2 rings (SSSR count). The van der Waals surface area contributed by atoms with Gasteiger partial charge in [0.15, 0.2) is 16.6 Å². The second-order valence-electron chi connectivity index (χ2n) is 5.39. The minimum atomic E-state index is -3.78. The van der Waals surface area contributed by atoms with Crippen LogP contribution in [0, 0.1) is 0 Å². The normalized spacial score (nSPS) is 10.7. The number of primary sulfonamides is 1. The largest absolute Gasteiger partial charge is 0.493 e. The predicted octanol–water partition coefficient (Wildman–Crippen LogP) is 1.95. The highest BCUT2D eigenvalue weighted by Crippen LogP contribution is 2.33. The number of hydrogen-bond donors (Lipinski definition) is 3. The molecule has 0 aliphatic carbocycles. The molecule has 150 valence electrons.